The van der Waals surface area contributed by atoms with Crippen LogP contribution in [0.15, 0.2) is 42.6 Å². The Hall–Kier alpha value is -2.40. The molecule has 2 aromatic heterocycles. The molecule has 1 atom stereocenters. The van der Waals surface area contributed by atoms with Gasteiger partial charge in [0.2, 0.25) is 0 Å². The Morgan fingerprint density at radius 3 is 2.95 bits per heavy atom. The lowest BCUT2D eigenvalue weighted by molar-refractivity contribution is 0.109. The van der Waals surface area contributed by atoms with Crippen molar-refractivity contribution >= 4 is 11.2 Å². The Morgan fingerprint density at radius 1 is 1.23 bits per heavy atom. The molecule has 1 unspecified atom stereocenters. The standard InChI is InChI=1S/C17H17N3O2/c21-15-8-2-1-7-14(15)20-16(11-12-5-4-10-22-12)19-13-6-3-9-18-17(13)20/h1-3,6-9,12,21H,4-5,10-11H2. The van der Waals surface area contributed by atoms with Crippen LogP contribution >= 0.6 is 0 Å². The van der Waals surface area contributed by atoms with Gasteiger partial charge in [-0.2, -0.15) is 0 Å². The fourth-order valence-corrected chi connectivity index (χ4v) is 3.01. The zero-order valence-corrected chi connectivity index (χ0v) is 12.1. The molecule has 0 bridgehead atoms. The van der Waals surface area contributed by atoms with E-state index in [-0.39, 0.29) is 11.9 Å². The van der Waals surface area contributed by atoms with E-state index in [2.05, 4.69) is 4.98 Å². The van der Waals surface area contributed by atoms with E-state index in [0.29, 0.717) is 5.69 Å². The number of phenolic OH excluding ortho intramolecular Hbond substituents is 1. The summed E-state index contributed by atoms with van der Waals surface area (Å²) < 4.78 is 7.67. The van der Waals surface area contributed by atoms with Crippen molar-refractivity contribution in [3.8, 4) is 11.4 Å². The van der Waals surface area contributed by atoms with E-state index in [1.807, 2.05) is 34.9 Å². The van der Waals surface area contributed by atoms with E-state index in [9.17, 15) is 5.11 Å². The van der Waals surface area contributed by atoms with Gasteiger partial charge >= 0.3 is 0 Å². The first-order valence-corrected chi connectivity index (χ1v) is 7.55. The molecule has 0 aliphatic carbocycles. The van der Waals surface area contributed by atoms with Gasteiger partial charge in [0.15, 0.2) is 5.65 Å². The molecule has 1 aliphatic rings. The van der Waals surface area contributed by atoms with Crippen LogP contribution < -0.4 is 0 Å². The van der Waals surface area contributed by atoms with Crippen molar-refractivity contribution in [3.63, 3.8) is 0 Å². The predicted molar refractivity (Wildman–Crippen MR) is 83.2 cm³/mol. The molecule has 1 fully saturated rings. The van der Waals surface area contributed by atoms with Gasteiger partial charge in [-0.3, -0.25) is 4.57 Å². The molecule has 1 aliphatic heterocycles. The second-order valence-corrected chi connectivity index (χ2v) is 5.54. The maximum absolute atomic E-state index is 10.2. The first-order chi connectivity index (χ1) is 10.8. The van der Waals surface area contributed by atoms with Gasteiger partial charge in [0.1, 0.15) is 17.1 Å². The number of pyridine rings is 1. The highest BCUT2D eigenvalue weighted by Gasteiger charge is 2.22. The largest absolute Gasteiger partial charge is 0.506 e. The molecule has 3 heterocycles. The third-order valence-corrected chi connectivity index (χ3v) is 4.04. The molecule has 4 rings (SSSR count). The highest BCUT2D eigenvalue weighted by atomic mass is 16.5. The summed E-state index contributed by atoms with van der Waals surface area (Å²) >= 11 is 0. The van der Waals surface area contributed by atoms with E-state index in [1.54, 1.807) is 12.3 Å². The van der Waals surface area contributed by atoms with Crippen molar-refractivity contribution in [1.82, 2.24) is 14.5 Å². The van der Waals surface area contributed by atoms with Crippen LogP contribution in [0.3, 0.4) is 0 Å². The van der Waals surface area contributed by atoms with Gasteiger partial charge in [-0.25, -0.2) is 9.97 Å². The minimum absolute atomic E-state index is 0.196. The predicted octanol–water partition coefficient (Wildman–Crippen LogP) is 2.85. The number of imidazole rings is 1. The summed E-state index contributed by atoms with van der Waals surface area (Å²) in [5, 5.41) is 10.2. The molecule has 3 aromatic rings. The minimum Gasteiger partial charge on any atom is -0.506 e. The van der Waals surface area contributed by atoms with Crippen molar-refractivity contribution in [1.29, 1.82) is 0 Å². The quantitative estimate of drug-likeness (QED) is 0.807. The third kappa shape index (κ3) is 2.23. The summed E-state index contributed by atoms with van der Waals surface area (Å²) in [5.41, 5.74) is 2.30. The van der Waals surface area contributed by atoms with Gasteiger partial charge in [0.25, 0.3) is 0 Å². The molecule has 112 valence electrons. The Balaban J connectivity index is 1.88. The average molecular weight is 295 g/mol. The molecule has 22 heavy (non-hydrogen) atoms. The van der Waals surface area contributed by atoms with Crippen molar-refractivity contribution < 1.29 is 9.84 Å². The lowest BCUT2D eigenvalue weighted by Gasteiger charge is -2.13. The van der Waals surface area contributed by atoms with Gasteiger partial charge in [-0.15, -0.1) is 0 Å². The Bertz CT molecular complexity index is 807. The number of para-hydroxylation sites is 2. The summed E-state index contributed by atoms with van der Waals surface area (Å²) in [5.74, 6) is 1.10. The smallest absolute Gasteiger partial charge is 0.164 e. The van der Waals surface area contributed by atoms with Gasteiger partial charge in [0.05, 0.1) is 11.8 Å². The number of rotatable bonds is 3. The van der Waals surface area contributed by atoms with Crippen molar-refractivity contribution in [2.24, 2.45) is 0 Å². The molecule has 5 heteroatoms. The Labute approximate surface area is 128 Å². The van der Waals surface area contributed by atoms with E-state index < -0.39 is 0 Å². The topological polar surface area (TPSA) is 60.2 Å². The van der Waals surface area contributed by atoms with Crippen molar-refractivity contribution in [3.05, 3.63) is 48.4 Å². The summed E-state index contributed by atoms with van der Waals surface area (Å²) in [6.07, 6.45) is 4.82. The summed E-state index contributed by atoms with van der Waals surface area (Å²) in [7, 11) is 0. The SMILES string of the molecule is Oc1ccccc1-n1c(CC2CCCO2)nc2cccnc21. The van der Waals surface area contributed by atoms with Crippen LogP contribution in [0.2, 0.25) is 0 Å². The van der Waals surface area contributed by atoms with Crippen molar-refractivity contribution in [2.45, 2.75) is 25.4 Å². The van der Waals surface area contributed by atoms with E-state index >= 15 is 0 Å². The molecule has 1 N–H and O–H groups in total. The van der Waals surface area contributed by atoms with Crippen LogP contribution in [0.1, 0.15) is 18.7 Å². The number of nitrogens with zero attached hydrogens (tertiary/aromatic N) is 3. The van der Waals surface area contributed by atoms with Gasteiger partial charge in [0, 0.05) is 19.2 Å². The van der Waals surface area contributed by atoms with E-state index in [4.69, 9.17) is 9.72 Å². The molecule has 0 radical (unpaired) electrons. The molecular weight excluding hydrogens is 278 g/mol. The van der Waals surface area contributed by atoms with Crippen molar-refractivity contribution in [2.75, 3.05) is 6.61 Å². The van der Waals surface area contributed by atoms with E-state index in [1.165, 1.54) is 0 Å². The first kappa shape index (κ1) is 13.3. The fourth-order valence-electron chi connectivity index (χ4n) is 3.01. The second kappa shape index (κ2) is 5.42. The molecule has 1 aromatic carbocycles. The average Bonchev–Trinajstić information content (AvgIpc) is 3.16. The monoisotopic (exact) mass is 295 g/mol. The number of aromatic nitrogens is 3. The fraction of sp³-hybridized carbons (Fsp3) is 0.294. The normalized spacial score (nSPS) is 18.1. The Morgan fingerprint density at radius 2 is 2.14 bits per heavy atom. The van der Waals surface area contributed by atoms with Crippen LogP contribution in [0.25, 0.3) is 16.9 Å². The lowest BCUT2D eigenvalue weighted by Crippen LogP contribution is -2.13. The summed E-state index contributed by atoms with van der Waals surface area (Å²) in [4.78, 5) is 9.15. The van der Waals surface area contributed by atoms with Gasteiger partial charge in [-0.1, -0.05) is 12.1 Å². The maximum atomic E-state index is 10.2. The number of aromatic hydroxyl groups is 1. The lowest BCUT2D eigenvalue weighted by atomic mass is 10.1. The van der Waals surface area contributed by atoms with Crippen LogP contribution in [0.5, 0.6) is 5.75 Å². The molecular formula is C17H17N3O2. The number of hydrogen-bond acceptors (Lipinski definition) is 4. The molecule has 0 spiro atoms. The summed E-state index contributed by atoms with van der Waals surface area (Å²) in [6.45, 7) is 0.819. The van der Waals surface area contributed by atoms with Crippen LogP contribution in [0.4, 0.5) is 0 Å². The highest BCUT2D eigenvalue weighted by molar-refractivity contribution is 5.74. The number of hydrogen-bond donors (Lipinski definition) is 1. The van der Waals surface area contributed by atoms with Crippen LogP contribution in [0, 0.1) is 0 Å². The first-order valence-electron chi connectivity index (χ1n) is 7.55. The number of ether oxygens (including phenoxy) is 1. The Kier molecular flexibility index (Phi) is 3.27. The van der Waals surface area contributed by atoms with Crippen LogP contribution in [-0.2, 0) is 11.2 Å². The van der Waals surface area contributed by atoms with Gasteiger partial charge < -0.3 is 9.84 Å². The zero-order chi connectivity index (χ0) is 14.9. The maximum Gasteiger partial charge on any atom is 0.164 e. The molecule has 1 saturated heterocycles. The van der Waals surface area contributed by atoms with Crippen LogP contribution in [-0.4, -0.2) is 32.4 Å². The molecule has 0 saturated carbocycles. The second-order valence-electron chi connectivity index (χ2n) is 5.54. The molecule has 0 amide bonds. The molecule has 5 nitrogen and oxygen atoms in total. The summed E-state index contributed by atoms with van der Waals surface area (Å²) in [6, 6.07) is 11.1. The third-order valence-electron chi connectivity index (χ3n) is 4.04. The number of phenols is 1. The zero-order valence-electron chi connectivity index (χ0n) is 12.1. The van der Waals surface area contributed by atoms with E-state index in [0.717, 1.165) is 42.9 Å². The number of benzene rings is 1. The number of fused-ring (bicyclic) bond motifs is 1. The minimum atomic E-state index is 0.196. The highest BCUT2D eigenvalue weighted by Crippen LogP contribution is 2.28. The van der Waals surface area contributed by atoms with Gasteiger partial charge in [-0.05, 0) is 37.1 Å².